The number of aromatic carboxylic acids is 1. The Morgan fingerprint density at radius 1 is 1.43 bits per heavy atom. The van der Waals surface area contributed by atoms with Crippen molar-refractivity contribution in [1.82, 2.24) is 9.38 Å². The summed E-state index contributed by atoms with van der Waals surface area (Å²) in [5.74, 6) is -1.78. The van der Waals surface area contributed by atoms with Gasteiger partial charge in [-0.1, -0.05) is 22.9 Å². The second-order valence-corrected chi connectivity index (χ2v) is 5.40. The zero-order chi connectivity index (χ0) is 15.4. The van der Waals surface area contributed by atoms with Crippen LogP contribution in [0.1, 0.15) is 10.5 Å². The largest absolute Gasteiger partial charge is 0.573 e. The summed E-state index contributed by atoms with van der Waals surface area (Å²) in [5, 5.41) is 8.67. The number of carboxylic acid groups (broad SMARTS) is 1. The minimum Gasteiger partial charge on any atom is -0.476 e. The van der Waals surface area contributed by atoms with Gasteiger partial charge in [-0.3, -0.25) is 4.40 Å². The van der Waals surface area contributed by atoms with Crippen molar-refractivity contribution in [2.24, 2.45) is 0 Å². The molecule has 0 fully saturated rings. The fourth-order valence-corrected chi connectivity index (χ4v) is 3.10. The van der Waals surface area contributed by atoms with Gasteiger partial charge in [0, 0.05) is 12.3 Å². The molecule has 110 valence electrons. The number of rotatable bonds is 2. The molecule has 0 saturated carbocycles. The minimum atomic E-state index is -4.87. The standard InChI is InChI=1S/C11H4ClF3N2O3S/c12-4-1-8-6(2-7(4)20-11(13,14)15)17-3-5(9(18)19)16-10(17)21-8/h1-3H,(H,18,19). The summed E-state index contributed by atoms with van der Waals surface area (Å²) < 4.78 is 42.7. The molecule has 0 amide bonds. The van der Waals surface area contributed by atoms with Crippen LogP contribution in [0.25, 0.3) is 15.2 Å². The van der Waals surface area contributed by atoms with Crippen molar-refractivity contribution in [2.75, 3.05) is 0 Å². The van der Waals surface area contributed by atoms with Gasteiger partial charge < -0.3 is 9.84 Å². The summed E-state index contributed by atoms with van der Waals surface area (Å²) in [4.78, 5) is 15.0. The number of aromatic nitrogens is 2. The highest BCUT2D eigenvalue weighted by Gasteiger charge is 2.32. The van der Waals surface area contributed by atoms with Crippen LogP contribution in [0, 0.1) is 0 Å². The second kappa shape index (κ2) is 4.50. The Hall–Kier alpha value is -2.00. The van der Waals surface area contributed by atoms with Gasteiger partial charge in [0.1, 0.15) is 5.75 Å². The van der Waals surface area contributed by atoms with Crippen molar-refractivity contribution in [2.45, 2.75) is 6.36 Å². The van der Waals surface area contributed by atoms with E-state index in [-0.39, 0.29) is 10.7 Å². The molecule has 0 aliphatic carbocycles. The van der Waals surface area contributed by atoms with Crippen LogP contribution in [0.15, 0.2) is 18.3 Å². The van der Waals surface area contributed by atoms with Crippen molar-refractivity contribution >= 4 is 44.1 Å². The van der Waals surface area contributed by atoms with Crippen LogP contribution in [0.2, 0.25) is 5.02 Å². The van der Waals surface area contributed by atoms with Crippen molar-refractivity contribution in [3.05, 3.63) is 29.0 Å². The average molecular weight is 337 g/mol. The molecule has 2 heterocycles. The molecule has 0 saturated heterocycles. The van der Waals surface area contributed by atoms with E-state index in [1.54, 1.807) is 0 Å². The predicted molar refractivity (Wildman–Crippen MR) is 69.2 cm³/mol. The Morgan fingerprint density at radius 3 is 2.76 bits per heavy atom. The quantitative estimate of drug-likeness (QED) is 0.773. The van der Waals surface area contributed by atoms with Gasteiger partial charge in [0.15, 0.2) is 10.7 Å². The number of ether oxygens (including phenoxy) is 1. The van der Waals surface area contributed by atoms with E-state index in [0.29, 0.717) is 15.2 Å². The molecule has 0 aliphatic heterocycles. The van der Waals surface area contributed by atoms with Crippen molar-refractivity contribution in [3.8, 4) is 5.75 Å². The van der Waals surface area contributed by atoms with Gasteiger partial charge in [-0.2, -0.15) is 0 Å². The number of imidazole rings is 1. The summed E-state index contributed by atoms with van der Waals surface area (Å²) in [6.07, 6.45) is -3.64. The van der Waals surface area contributed by atoms with E-state index in [1.807, 2.05) is 0 Å². The molecular formula is C11H4ClF3N2O3S. The number of hydrogen-bond acceptors (Lipinski definition) is 4. The lowest BCUT2D eigenvalue weighted by atomic mass is 10.3. The van der Waals surface area contributed by atoms with E-state index < -0.39 is 18.1 Å². The number of nitrogens with zero attached hydrogens (tertiary/aromatic N) is 2. The van der Waals surface area contributed by atoms with Gasteiger partial charge in [-0.25, -0.2) is 9.78 Å². The lowest BCUT2D eigenvalue weighted by Gasteiger charge is -2.10. The van der Waals surface area contributed by atoms with Crippen LogP contribution in [0.4, 0.5) is 13.2 Å². The van der Waals surface area contributed by atoms with Crippen LogP contribution in [-0.4, -0.2) is 26.8 Å². The van der Waals surface area contributed by atoms with Crippen LogP contribution in [0.5, 0.6) is 5.75 Å². The van der Waals surface area contributed by atoms with E-state index in [0.717, 1.165) is 17.4 Å². The van der Waals surface area contributed by atoms with E-state index in [2.05, 4.69) is 9.72 Å². The summed E-state index contributed by atoms with van der Waals surface area (Å²) in [6, 6.07) is 2.42. The Labute approximate surface area is 123 Å². The molecule has 10 heteroatoms. The SMILES string of the molecule is O=C(O)c1cn2c(n1)sc1cc(Cl)c(OC(F)(F)F)cc12. The molecular weight excluding hydrogens is 333 g/mol. The van der Waals surface area contributed by atoms with Crippen molar-refractivity contribution in [3.63, 3.8) is 0 Å². The molecule has 0 aliphatic rings. The lowest BCUT2D eigenvalue weighted by Crippen LogP contribution is -2.17. The molecule has 0 unspecified atom stereocenters. The predicted octanol–water partition coefficient (Wildman–Crippen LogP) is 3.80. The first-order chi connectivity index (χ1) is 9.74. The van der Waals surface area contributed by atoms with Crippen LogP contribution < -0.4 is 4.74 Å². The van der Waals surface area contributed by atoms with Gasteiger partial charge in [0.25, 0.3) is 0 Å². The summed E-state index contributed by atoms with van der Waals surface area (Å²) in [5.41, 5.74) is 0.134. The number of thiazole rings is 1. The van der Waals surface area contributed by atoms with Crippen molar-refractivity contribution in [1.29, 1.82) is 0 Å². The van der Waals surface area contributed by atoms with Crippen molar-refractivity contribution < 1.29 is 27.8 Å². The minimum absolute atomic E-state index is 0.192. The molecule has 0 bridgehead atoms. The molecule has 0 atom stereocenters. The van der Waals surface area contributed by atoms with Gasteiger partial charge in [0.2, 0.25) is 0 Å². The maximum absolute atomic E-state index is 12.3. The number of fused-ring (bicyclic) bond motifs is 3. The topological polar surface area (TPSA) is 63.8 Å². The number of hydrogen-bond donors (Lipinski definition) is 1. The number of carbonyl (C=O) groups is 1. The van der Waals surface area contributed by atoms with Crippen LogP contribution in [-0.2, 0) is 0 Å². The molecule has 0 radical (unpaired) electrons. The smallest absolute Gasteiger partial charge is 0.476 e. The third-order valence-electron chi connectivity index (χ3n) is 2.59. The fraction of sp³-hybridized carbons (Fsp3) is 0.0909. The molecule has 1 aromatic carbocycles. The number of halogens is 4. The summed E-state index contributed by atoms with van der Waals surface area (Å²) in [7, 11) is 0. The second-order valence-electron chi connectivity index (χ2n) is 3.98. The zero-order valence-corrected chi connectivity index (χ0v) is 11.4. The van der Waals surface area contributed by atoms with Crippen LogP contribution >= 0.6 is 22.9 Å². The summed E-state index contributed by atoms with van der Waals surface area (Å²) >= 11 is 6.85. The Morgan fingerprint density at radius 2 is 2.14 bits per heavy atom. The van der Waals surface area contributed by atoms with Gasteiger partial charge in [0.05, 0.1) is 15.2 Å². The first kappa shape index (κ1) is 14.0. The molecule has 3 rings (SSSR count). The van der Waals surface area contributed by atoms with Gasteiger partial charge >= 0.3 is 12.3 Å². The highest BCUT2D eigenvalue weighted by Crippen LogP contribution is 2.37. The molecule has 5 nitrogen and oxygen atoms in total. The number of alkyl halides is 3. The number of carboxylic acids is 1. The van der Waals surface area contributed by atoms with E-state index in [1.165, 1.54) is 16.7 Å². The Kier molecular flexibility index (Phi) is 2.99. The van der Waals surface area contributed by atoms with E-state index in [9.17, 15) is 18.0 Å². The molecule has 3 aromatic rings. The third-order valence-corrected chi connectivity index (χ3v) is 3.91. The first-order valence-corrected chi connectivity index (χ1v) is 6.54. The average Bonchev–Trinajstić information content (AvgIpc) is 2.86. The maximum atomic E-state index is 12.3. The molecule has 21 heavy (non-hydrogen) atoms. The van der Waals surface area contributed by atoms with Crippen LogP contribution in [0.3, 0.4) is 0 Å². The molecule has 0 spiro atoms. The van der Waals surface area contributed by atoms with Gasteiger partial charge in [-0.15, -0.1) is 13.2 Å². The monoisotopic (exact) mass is 336 g/mol. The van der Waals surface area contributed by atoms with E-state index in [4.69, 9.17) is 16.7 Å². The molecule has 1 N–H and O–H groups in total. The molecule has 2 aromatic heterocycles. The maximum Gasteiger partial charge on any atom is 0.573 e. The highest BCUT2D eigenvalue weighted by molar-refractivity contribution is 7.23. The summed E-state index contributed by atoms with van der Waals surface area (Å²) in [6.45, 7) is 0. The lowest BCUT2D eigenvalue weighted by molar-refractivity contribution is -0.274. The zero-order valence-electron chi connectivity index (χ0n) is 9.81. The fourth-order valence-electron chi connectivity index (χ4n) is 1.81. The third kappa shape index (κ3) is 2.49. The number of benzene rings is 1. The Bertz CT molecular complexity index is 871. The Balaban J connectivity index is 2.21. The van der Waals surface area contributed by atoms with Gasteiger partial charge in [-0.05, 0) is 6.07 Å². The normalized spacial score (nSPS) is 12.2. The highest BCUT2D eigenvalue weighted by atomic mass is 35.5. The first-order valence-electron chi connectivity index (χ1n) is 5.35. The van der Waals surface area contributed by atoms with E-state index >= 15 is 0 Å².